The molecule has 1 aliphatic rings. The SMILES string of the molecule is CCCCOc1ccc(CCNC(=O)CC2CCCN2)cc1.Cl. The molecule has 1 unspecified atom stereocenters. The third kappa shape index (κ3) is 7.71. The molecule has 2 N–H and O–H groups in total. The Morgan fingerprint density at radius 1 is 1.35 bits per heavy atom. The number of hydrogen-bond donors (Lipinski definition) is 2. The van der Waals surface area contributed by atoms with Crippen LogP contribution in [0.2, 0.25) is 0 Å². The van der Waals surface area contributed by atoms with Gasteiger partial charge in [-0.15, -0.1) is 12.4 Å². The number of nitrogens with one attached hydrogen (secondary N) is 2. The summed E-state index contributed by atoms with van der Waals surface area (Å²) in [6.45, 7) is 4.68. The molecule has 1 amide bonds. The first-order valence-electron chi connectivity index (χ1n) is 8.49. The Labute approximate surface area is 145 Å². The van der Waals surface area contributed by atoms with Crippen LogP contribution in [0, 0.1) is 0 Å². The lowest BCUT2D eigenvalue weighted by molar-refractivity contribution is -0.121. The van der Waals surface area contributed by atoms with Crippen LogP contribution >= 0.6 is 12.4 Å². The molecule has 1 fully saturated rings. The van der Waals surface area contributed by atoms with Crippen LogP contribution in [0.1, 0.15) is 44.6 Å². The van der Waals surface area contributed by atoms with E-state index in [-0.39, 0.29) is 18.3 Å². The maximum absolute atomic E-state index is 11.8. The molecule has 0 radical (unpaired) electrons. The zero-order valence-electron chi connectivity index (χ0n) is 14.0. The molecule has 1 aromatic carbocycles. The van der Waals surface area contributed by atoms with Crippen molar-refractivity contribution in [1.29, 1.82) is 0 Å². The summed E-state index contributed by atoms with van der Waals surface area (Å²) in [7, 11) is 0. The monoisotopic (exact) mass is 340 g/mol. The number of rotatable bonds is 9. The van der Waals surface area contributed by atoms with E-state index in [2.05, 4.69) is 29.7 Å². The third-order valence-electron chi connectivity index (χ3n) is 4.02. The number of amides is 1. The van der Waals surface area contributed by atoms with Crippen molar-refractivity contribution >= 4 is 18.3 Å². The van der Waals surface area contributed by atoms with Gasteiger partial charge in [0, 0.05) is 19.0 Å². The second-order valence-corrected chi connectivity index (χ2v) is 5.94. The number of carbonyl (C=O) groups excluding carboxylic acids is 1. The molecule has 0 saturated carbocycles. The number of benzene rings is 1. The highest BCUT2D eigenvalue weighted by Gasteiger charge is 2.17. The fourth-order valence-corrected chi connectivity index (χ4v) is 2.66. The fourth-order valence-electron chi connectivity index (χ4n) is 2.66. The molecule has 23 heavy (non-hydrogen) atoms. The van der Waals surface area contributed by atoms with Gasteiger partial charge >= 0.3 is 0 Å². The van der Waals surface area contributed by atoms with Crippen LogP contribution in [-0.2, 0) is 11.2 Å². The summed E-state index contributed by atoms with van der Waals surface area (Å²) in [4.78, 5) is 11.8. The highest BCUT2D eigenvalue weighted by molar-refractivity contribution is 5.85. The standard InChI is InChI=1S/C18H28N2O2.ClH/c1-2-3-13-22-17-8-6-15(7-9-17)10-12-20-18(21)14-16-5-4-11-19-16;/h6-9,16,19H,2-5,10-14H2,1H3,(H,20,21);1H. The second kappa shape index (κ2) is 11.3. The second-order valence-electron chi connectivity index (χ2n) is 5.94. The van der Waals surface area contributed by atoms with Crippen LogP contribution in [0.4, 0.5) is 0 Å². The maximum atomic E-state index is 11.8. The van der Waals surface area contributed by atoms with Crippen LogP contribution in [0.25, 0.3) is 0 Å². The van der Waals surface area contributed by atoms with Gasteiger partial charge in [0.1, 0.15) is 5.75 Å². The van der Waals surface area contributed by atoms with E-state index in [1.165, 1.54) is 12.0 Å². The molecule has 0 spiro atoms. The van der Waals surface area contributed by atoms with E-state index < -0.39 is 0 Å². The summed E-state index contributed by atoms with van der Waals surface area (Å²) in [5.74, 6) is 1.08. The van der Waals surface area contributed by atoms with Gasteiger partial charge in [0.15, 0.2) is 0 Å². The molecular formula is C18H29ClN2O2. The van der Waals surface area contributed by atoms with Crippen LogP contribution in [0.3, 0.4) is 0 Å². The predicted molar refractivity (Wildman–Crippen MR) is 96.4 cm³/mol. The zero-order valence-corrected chi connectivity index (χ0v) is 14.8. The Balaban J connectivity index is 0.00000264. The van der Waals surface area contributed by atoms with Gasteiger partial charge in [-0.3, -0.25) is 4.79 Å². The van der Waals surface area contributed by atoms with Crippen molar-refractivity contribution in [3.8, 4) is 5.75 Å². The molecule has 2 rings (SSSR count). The van der Waals surface area contributed by atoms with Gasteiger partial charge in [0.2, 0.25) is 5.91 Å². The summed E-state index contributed by atoms with van der Waals surface area (Å²) < 4.78 is 5.64. The third-order valence-corrected chi connectivity index (χ3v) is 4.02. The molecule has 1 heterocycles. The van der Waals surface area contributed by atoms with Crippen molar-refractivity contribution in [2.75, 3.05) is 19.7 Å². The first-order valence-corrected chi connectivity index (χ1v) is 8.49. The summed E-state index contributed by atoms with van der Waals surface area (Å²) in [6.07, 6.45) is 6.00. The minimum absolute atomic E-state index is 0. The molecule has 0 bridgehead atoms. The van der Waals surface area contributed by atoms with E-state index >= 15 is 0 Å². The number of ether oxygens (including phenoxy) is 1. The van der Waals surface area contributed by atoms with Crippen molar-refractivity contribution in [2.45, 2.75) is 51.5 Å². The Kier molecular flexibility index (Phi) is 9.72. The average molecular weight is 341 g/mol. The molecule has 1 atom stereocenters. The van der Waals surface area contributed by atoms with Crippen molar-refractivity contribution in [3.05, 3.63) is 29.8 Å². The Morgan fingerprint density at radius 2 is 2.13 bits per heavy atom. The summed E-state index contributed by atoms with van der Waals surface area (Å²) in [6, 6.07) is 8.54. The van der Waals surface area contributed by atoms with E-state index in [0.29, 0.717) is 19.0 Å². The van der Waals surface area contributed by atoms with E-state index in [1.54, 1.807) is 0 Å². The number of unbranched alkanes of at least 4 members (excludes halogenated alkanes) is 1. The minimum atomic E-state index is 0. The van der Waals surface area contributed by atoms with Crippen LogP contribution in [-0.4, -0.2) is 31.6 Å². The fraction of sp³-hybridized carbons (Fsp3) is 0.611. The Morgan fingerprint density at radius 3 is 2.78 bits per heavy atom. The molecule has 1 saturated heterocycles. The topological polar surface area (TPSA) is 50.4 Å². The molecule has 4 nitrogen and oxygen atoms in total. The van der Waals surface area contributed by atoms with Gasteiger partial charge in [0.05, 0.1) is 6.61 Å². The first kappa shape index (κ1) is 19.8. The van der Waals surface area contributed by atoms with Gasteiger partial charge in [0.25, 0.3) is 0 Å². The Hall–Kier alpha value is -1.26. The quantitative estimate of drug-likeness (QED) is 0.679. The van der Waals surface area contributed by atoms with Gasteiger partial charge in [-0.05, 0) is 49.9 Å². The molecule has 5 heteroatoms. The number of carbonyl (C=O) groups is 1. The smallest absolute Gasteiger partial charge is 0.221 e. The normalized spacial score (nSPS) is 16.7. The molecule has 1 aromatic rings. The number of halogens is 1. The molecular weight excluding hydrogens is 312 g/mol. The lowest BCUT2D eigenvalue weighted by atomic mass is 10.1. The lowest BCUT2D eigenvalue weighted by Gasteiger charge is -2.10. The van der Waals surface area contributed by atoms with E-state index in [1.807, 2.05) is 12.1 Å². The first-order chi connectivity index (χ1) is 10.8. The minimum Gasteiger partial charge on any atom is -0.494 e. The summed E-state index contributed by atoms with van der Waals surface area (Å²) in [5, 5.41) is 6.35. The zero-order chi connectivity index (χ0) is 15.6. The summed E-state index contributed by atoms with van der Waals surface area (Å²) in [5.41, 5.74) is 1.22. The number of hydrogen-bond acceptors (Lipinski definition) is 3. The van der Waals surface area contributed by atoms with Crippen molar-refractivity contribution in [1.82, 2.24) is 10.6 Å². The molecule has 130 valence electrons. The average Bonchev–Trinajstić information content (AvgIpc) is 3.02. The van der Waals surface area contributed by atoms with Gasteiger partial charge < -0.3 is 15.4 Å². The summed E-state index contributed by atoms with van der Waals surface area (Å²) >= 11 is 0. The molecule has 1 aliphatic heterocycles. The Bertz CT molecular complexity index is 445. The van der Waals surface area contributed by atoms with Crippen molar-refractivity contribution < 1.29 is 9.53 Å². The van der Waals surface area contributed by atoms with Crippen LogP contribution in [0.5, 0.6) is 5.75 Å². The predicted octanol–water partition coefficient (Wildman–Crippen LogP) is 3.09. The van der Waals surface area contributed by atoms with Gasteiger partial charge in [-0.25, -0.2) is 0 Å². The van der Waals surface area contributed by atoms with Crippen LogP contribution < -0.4 is 15.4 Å². The van der Waals surface area contributed by atoms with Gasteiger partial charge in [-0.2, -0.15) is 0 Å². The largest absolute Gasteiger partial charge is 0.494 e. The molecule has 0 aromatic heterocycles. The highest BCUT2D eigenvalue weighted by atomic mass is 35.5. The highest BCUT2D eigenvalue weighted by Crippen LogP contribution is 2.13. The van der Waals surface area contributed by atoms with Crippen molar-refractivity contribution in [2.24, 2.45) is 0 Å². The van der Waals surface area contributed by atoms with Gasteiger partial charge in [-0.1, -0.05) is 25.5 Å². The van der Waals surface area contributed by atoms with Crippen LogP contribution in [0.15, 0.2) is 24.3 Å². The molecule has 0 aliphatic carbocycles. The van der Waals surface area contributed by atoms with E-state index in [4.69, 9.17) is 4.74 Å². The van der Waals surface area contributed by atoms with Crippen molar-refractivity contribution in [3.63, 3.8) is 0 Å². The van der Waals surface area contributed by atoms with E-state index in [9.17, 15) is 4.79 Å². The maximum Gasteiger partial charge on any atom is 0.221 e. The lowest BCUT2D eigenvalue weighted by Crippen LogP contribution is -2.32. The van der Waals surface area contributed by atoms with E-state index in [0.717, 1.165) is 44.6 Å².